The average molecular weight is 156 g/mol. The average Bonchev–Trinajstić information content (AvgIpc) is 1.79. The van der Waals surface area contributed by atoms with Gasteiger partial charge in [-0.1, -0.05) is 0 Å². The van der Waals surface area contributed by atoms with Gasteiger partial charge in [-0.05, 0) is 34.6 Å². The van der Waals surface area contributed by atoms with E-state index in [0.29, 0.717) is 6.04 Å². The molecule has 11 heavy (non-hydrogen) atoms. The molecule has 0 fully saturated rings. The molecule has 66 valence electrons. The van der Waals surface area contributed by atoms with Gasteiger partial charge < -0.3 is 4.90 Å². The van der Waals surface area contributed by atoms with Crippen molar-refractivity contribution in [2.45, 2.75) is 46.2 Å². The summed E-state index contributed by atoms with van der Waals surface area (Å²) in [7, 11) is 1.81. The van der Waals surface area contributed by atoms with Crippen LogP contribution in [-0.2, 0) is 0 Å². The van der Waals surface area contributed by atoms with Crippen molar-refractivity contribution in [1.82, 2.24) is 4.90 Å². The lowest BCUT2D eigenvalue weighted by Crippen LogP contribution is -2.44. The summed E-state index contributed by atoms with van der Waals surface area (Å²) in [5, 5.41) is 0. The van der Waals surface area contributed by atoms with Gasteiger partial charge in [-0.2, -0.15) is 0 Å². The Morgan fingerprint density at radius 3 is 1.82 bits per heavy atom. The van der Waals surface area contributed by atoms with Gasteiger partial charge in [0.2, 0.25) is 0 Å². The van der Waals surface area contributed by atoms with Crippen LogP contribution in [0.3, 0.4) is 0 Å². The molecule has 0 N–H and O–H groups in total. The summed E-state index contributed by atoms with van der Waals surface area (Å²) in [5.41, 5.74) is 0.174. The van der Waals surface area contributed by atoms with E-state index < -0.39 is 0 Å². The highest BCUT2D eigenvalue weighted by Gasteiger charge is 2.20. The highest BCUT2D eigenvalue weighted by molar-refractivity contribution is 5.56. The maximum Gasteiger partial charge on any atom is 0.0852 e. The standard InChI is InChI=1S/C9H20N2/c1-8(2)11(7-10-6)9(3,4)5/h7-8H,1-6H3. The van der Waals surface area contributed by atoms with Gasteiger partial charge in [0.1, 0.15) is 0 Å². The Morgan fingerprint density at radius 2 is 1.73 bits per heavy atom. The molecular weight excluding hydrogens is 136 g/mol. The molecular formula is C9H20N2. The lowest BCUT2D eigenvalue weighted by Gasteiger charge is -2.37. The molecule has 0 saturated carbocycles. The Bertz CT molecular complexity index is 131. The van der Waals surface area contributed by atoms with Crippen LogP contribution in [0.5, 0.6) is 0 Å². The highest BCUT2D eigenvalue weighted by atomic mass is 15.2. The number of hydrogen-bond acceptors (Lipinski definition) is 1. The second-order valence-electron chi connectivity index (χ2n) is 4.05. The molecule has 0 aliphatic heterocycles. The van der Waals surface area contributed by atoms with Crippen molar-refractivity contribution in [1.29, 1.82) is 0 Å². The van der Waals surface area contributed by atoms with Crippen molar-refractivity contribution in [3.05, 3.63) is 0 Å². The van der Waals surface area contributed by atoms with E-state index in [4.69, 9.17) is 0 Å². The molecule has 2 nitrogen and oxygen atoms in total. The van der Waals surface area contributed by atoms with Crippen molar-refractivity contribution < 1.29 is 0 Å². The number of nitrogens with zero attached hydrogens (tertiary/aromatic N) is 2. The molecule has 0 unspecified atom stereocenters. The summed E-state index contributed by atoms with van der Waals surface area (Å²) in [4.78, 5) is 6.27. The van der Waals surface area contributed by atoms with Crippen molar-refractivity contribution in [3.63, 3.8) is 0 Å². The first-order valence-electron chi connectivity index (χ1n) is 4.10. The van der Waals surface area contributed by atoms with Crippen LogP contribution in [0.25, 0.3) is 0 Å². The van der Waals surface area contributed by atoms with Crippen LogP contribution in [0.2, 0.25) is 0 Å². The largest absolute Gasteiger partial charge is 0.356 e. The van der Waals surface area contributed by atoms with E-state index in [1.807, 2.05) is 6.34 Å². The van der Waals surface area contributed by atoms with E-state index in [2.05, 4.69) is 44.5 Å². The SMILES string of the molecule is CN=CN(C(C)C)C(C)(C)C. The lowest BCUT2D eigenvalue weighted by atomic mass is 10.1. The van der Waals surface area contributed by atoms with Gasteiger partial charge in [0, 0.05) is 18.6 Å². The van der Waals surface area contributed by atoms with Gasteiger partial charge in [0.15, 0.2) is 0 Å². The molecule has 0 rings (SSSR count). The topological polar surface area (TPSA) is 15.6 Å². The summed E-state index contributed by atoms with van der Waals surface area (Å²) in [5.74, 6) is 0. The molecule has 0 heterocycles. The number of aliphatic imine (C=N–C) groups is 1. The summed E-state index contributed by atoms with van der Waals surface area (Å²) in [6, 6.07) is 0.513. The van der Waals surface area contributed by atoms with E-state index >= 15 is 0 Å². The van der Waals surface area contributed by atoms with E-state index in [9.17, 15) is 0 Å². The van der Waals surface area contributed by atoms with E-state index in [0.717, 1.165) is 0 Å². The molecule has 0 spiro atoms. The molecule has 0 amide bonds. The van der Waals surface area contributed by atoms with E-state index in [-0.39, 0.29) is 5.54 Å². The second kappa shape index (κ2) is 3.74. The van der Waals surface area contributed by atoms with Gasteiger partial charge in [-0.15, -0.1) is 0 Å². The summed E-state index contributed by atoms with van der Waals surface area (Å²) < 4.78 is 0. The first kappa shape index (κ1) is 10.5. The minimum atomic E-state index is 0.174. The third kappa shape index (κ3) is 3.40. The molecule has 0 radical (unpaired) electrons. The highest BCUT2D eigenvalue weighted by Crippen LogP contribution is 2.13. The first-order chi connectivity index (χ1) is 4.89. The summed E-state index contributed by atoms with van der Waals surface area (Å²) in [6.45, 7) is 10.9. The van der Waals surface area contributed by atoms with Crippen LogP contribution in [0, 0.1) is 0 Å². The van der Waals surface area contributed by atoms with Crippen LogP contribution in [-0.4, -0.2) is 29.9 Å². The quantitative estimate of drug-likeness (QED) is 0.442. The van der Waals surface area contributed by atoms with Crippen molar-refractivity contribution in [2.75, 3.05) is 7.05 Å². The Balaban J connectivity index is 4.35. The fourth-order valence-electron chi connectivity index (χ4n) is 1.21. The van der Waals surface area contributed by atoms with Gasteiger partial charge in [0.05, 0.1) is 6.34 Å². The van der Waals surface area contributed by atoms with Gasteiger partial charge in [-0.3, -0.25) is 4.99 Å². The van der Waals surface area contributed by atoms with Crippen LogP contribution >= 0.6 is 0 Å². The predicted molar refractivity (Wildman–Crippen MR) is 51.1 cm³/mol. The first-order valence-corrected chi connectivity index (χ1v) is 4.10. The Kier molecular flexibility index (Phi) is 3.56. The Morgan fingerprint density at radius 1 is 1.27 bits per heavy atom. The monoisotopic (exact) mass is 156 g/mol. The van der Waals surface area contributed by atoms with Gasteiger partial charge in [-0.25, -0.2) is 0 Å². The van der Waals surface area contributed by atoms with Gasteiger partial charge in [0.25, 0.3) is 0 Å². The molecule has 0 aliphatic carbocycles. The van der Waals surface area contributed by atoms with Gasteiger partial charge >= 0.3 is 0 Å². The van der Waals surface area contributed by atoms with Crippen molar-refractivity contribution >= 4 is 6.34 Å². The Hall–Kier alpha value is -0.530. The normalized spacial score (nSPS) is 13.0. The maximum atomic E-state index is 4.02. The Labute approximate surface area is 70.3 Å². The fraction of sp³-hybridized carbons (Fsp3) is 0.889. The fourth-order valence-corrected chi connectivity index (χ4v) is 1.21. The predicted octanol–water partition coefficient (Wildman–Crippen LogP) is 2.15. The van der Waals surface area contributed by atoms with Crippen molar-refractivity contribution in [3.8, 4) is 0 Å². The van der Waals surface area contributed by atoms with Crippen LogP contribution in [0.15, 0.2) is 4.99 Å². The maximum absolute atomic E-state index is 4.02. The smallest absolute Gasteiger partial charge is 0.0852 e. The van der Waals surface area contributed by atoms with Crippen molar-refractivity contribution in [2.24, 2.45) is 4.99 Å². The van der Waals surface area contributed by atoms with Crippen LogP contribution in [0.4, 0.5) is 0 Å². The third-order valence-corrected chi connectivity index (χ3v) is 1.57. The van der Waals surface area contributed by atoms with E-state index in [1.165, 1.54) is 0 Å². The minimum absolute atomic E-state index is 0.174. The minimum Gasteiger partial charge on any atom is -0.356 e. The molecule has 0 saturated heterocycles. The second-order valence-corrected chi connectivity index (χ2v) is 4.05. The summed E-state index contributed by atoms with van der Waals surface area (Å²) in [6.07, 6.45) is 1.91. The summed E-state index contributed by atoms with van der Waals surface area (Å²) >= 11 is 0. The molecule has 0 aliphatic rings. The molecule has 0 aromatic carbocycles. The molecule has 0 bridgehead atoms. The van der Waals surface area contributed by atoms with E-state index in [1.54, 1.807) is 7.05 Å². The molecule has 0 aromatic heterocycles. The molecule has 0 aromatic rings. The molecule has 2 heteroatoms. The zero-order chi connectivity index (χ0) is 9.07. The molecule has 0 atom stereocenters. The zero-order valence-electron chi connectivity index (χ0n) is 8.55. The van der Waals surface area contributed by atoms with Crippen LogP contribution < -0.4 is 0 Å². The third-order valence-electron chi connectivity index (χ3n) is 1.57. The lowest BCUT2D eigenvalue weighted by molar-refractivity contribution is 0.203. The number of rotatable bonds is 2. The van der Waals surface area contributed by atoms with Crippen LogP contribution in [0.1, 0.15) is 34.6 Å². The zero-order valence-corrected chi connectivity index (χ0v) is 8.55. The number of hydrogen-bond donors (Lipinski definition) is 0.